The first-order chi connectivity index (χ1) is 16.1. The van der Waals surface area contributed by atoms with Gasteiger partial charge < -0.3 is 10.6 Å². The molecule has 7 nitrogen and oxygen atoms in total. The van der Waals surface area contributed by atoms with Crippen LogP contribution in [-0.4, -0.2) is 21.4 Å². The van der Waals surface area contributed by atoms with Crippen LogP contribution in [-0.2, 0) is 11.3 Å². The summed E-state index contributed by atoms with van der Waals surface area (Å²) >= 11 is 6.86. The van der Waals surface area contributed by atoms with E-state index in [2.05, 4.69) is 15.6 Å². The number of nitrogens with one attached hydrogen (secondary N) is 2. The normalized spacial score (nSPS) is 11.0. The maximum atomic E-state index is 13.3. The number of hydrogen-bond acceptors (Lipinski definition) is 5. The summed E-state index contributed by atoms with van der Waals surface area (Å²) in [7, 11) is 0. The average molecular weight is 499 g/mol. The van der Waals surface area contributed by atoms with Gasteiger partial charge in [-0.15, -0.1) is 11.3 Å². The van der Waals surface area contributed by atoms with Crippen molar-refractivity contribution >= 4 is 56.3 Å². The molecule has 34 heavy (non-hydrogen) atoms. The summed E-state index contributed by atoms with van der Waals surface area (Å²) in [6.45, 7) is 5.26. The number of benzene rings is 2. The van der Waals surface area contributed by atoms with Crippen molar-refractivity contribution < 1.29 is 14.0 Å². The lowest BCUT2D eigenvalue weighted by molar-refractivity contribution is -0.116. The first-order valence-electron chi connectivity index (χ1n) is 10.3. The van der Waals surface area contributed by atoms with Crippen LogP contribution >= 0.6 is 22.9 Å². The van der Waals surface area contributed by atoms with E-state index in [1.54, 1.807) is 6.92 Å². The second-order valence-corrected chi connectivity index (χ2v) is 9.27. The lowest BCUT2D eigenvalue weighted by Crippen LogP contribution is -2.28. The van der Waals surface area contributed by atoms with Gasteiger partial charge in [0.2, 0.25) is 5.91 Å². The van der Waals surface area contributed by atoms with Gasteiger partial charge in [-0.1, -0.05) is 29.3 Å². The molecule has 2 heterocycles. The number of fused-ring (bicyclic) bond motifs is 1. The highest BCUT2D eigenvalue weighted by Gasteiger charge is 2.20. The molecule has 0 saturated heterocycles. The van der Waals surface area contributed by atoms with Gasteiger partial charge in [0, 0.05) is 11.4 Å². The Labute approximate surface area is 203 Å². The Morgan fingerprint density at radius 3 is 2.59 bits per heavy atom. The third-order valence-electron chi connectivity index (χ3n) is 5.27. The number of rotatable bonds is 5. The van der Waals surface area contributed by atoms with Gasteiger partial charge in [0.15, 0.2) is 0 Å². The maximum Gasteiger partial charge on any atom is 0.266 e. The first-order valence-corrected chi connectivity index (χ1v) is 11.5. The van der Waals surface area contributed by atoms with Gasteiger partial charge in [0.05, 0.1) is 21.6 Å². The van der Waals surface area contributed by atoms with Crippen molar-refractivity contribution in [1.29, 1.82) is 0 Å². The Morgan fingerprint density at radius 2 is 1.88 bits per heavy atom. The Kier molecular flexibility index (Phi) is 6.49. The first kappa shape index (κ1) is 23.6. The minimum absolute atomic E-state index is 0.126. The summed E-state index contributed by atoms with van der Waals surface area (Å²) in [5, 5.41) is 5.62. The van der Waals surface area contributed by atoms with E-state index < -0.39 is 17.3 Å². The minimum Gasteiger partial charge on any atom is -0.324 e. The third-order valence-corrected chi connectivity index (χ3v) is 6.76. The highest BCUT2D eigenvalue weighted by atomic mass is 35.5. The summed E-state index contributed by atoms with van der Waals surface area (Å²) in [6, 6.07) is 9.50. The van der Waals surface area contributed by atoms with Crippen LogP contribution < -0.4 is 16.2 Å². The predicted octanol–water partition coefficient (Wildman–Crippen LogP) is 5.07. The number of nitrogens with zero attached hydrogens (tertiary/aromatic N) is 2. The number of thiophene rings is 1. The van der Waals surface area contributed by atoms with Crippen molar-refractivity contribution in [3.63, 3.8) is 0 Å². The van der Waals surface area contributed by atoms with E-state index in [1.807, 2.05) is 32.0 Å². The van der Waals surface area contributed by atoms with Crippen LogP contribution in [0.5, 0.6) is 0 Å². The zero-order chi connectivity index (χ0) is 24.6. The van der Waals surface area contributed by atoms with E-state index in [0.717, 1.165) is 33.1 Å². The molecule has 0 aliphatic heterocycles. The lowest BCUT2D eigenvalue weighted by atomic mass is 10.1. The molecule has 4 aromatic rings. The monoisotopic (exact) mass is 498 g/mol. The molecule has 2 aromatic heterocycles. The van der Waals surface area contributed by atoms with E-state index in [1.165, 1.54) is 18.5 Å². The summed E-state index contributed by atoms with van der Waals surface area (Å²) in [6.07, 6.45) is 1.27. The molecule has 0 radical (unpaired) electrons. The fourth-order valence-electron chi connectivity index (χ4n) is 3.55. The van der Waals surface area contributed by atoms with E-state index in [0.29, 0.717) is 26.6 Å². The van der Waals surface area contributed by atoms with Crippen molar-refractivity contribution in [2.75, 3.05) is 10.6 Å². The van der Waals surface area contributed by atoms with Crippen molar-refractivity contribution in [2.45, 2.75) is 27.3 Å². The molecule has 2 aromatic carbocycles. The standard InChI is InChI=1S/C24H20ClFN4O3S/c1-12-4-7-18(13(2)8-12)29-22(32)21-14(3)20-23(34-21)27-11-30(24(20)33)10-19(31)28-15-5-6-17(26)16(25)9-15/h4-9,11H,10H2,1-3H3,(H,28,31)(H,29,32). The molecule has 0 unspecified atom stereocenters. The molecule has 4 rings (SSSR count). The average Bonchev–Trinajstić information content (AvgIpc) is 3.12. The van der Waals surface area contributed by atoms with Crippen LogP contribution in [0.15, 0.2) is 47.5 Å². The van der Waals surface area contributed by atoms with Gasteiger partial charge in [0.25, 0.3) is 11.5 Å². The van der Waals surface area contributed by atoms with Gasteiger partial charge in [-0.25, -0.2) is 9.37 Å². The molecular formula is C24H20ClFN4O3S. The topological polar surface area (TPSA) is 93.1 Å². The molecule has 0 spiro atoms. The van der Waals surface area contributed by atoms with E-state index in [-0.39, 0.29) is 22.9 Å². The smallest absolute Gasteiger partial charge is 0.266 e. The highest BCUT2D eigenvalue weighted by Crippen LogP contribution is 2.28. The zero-order valence-electron chi connectivity index (χ0n) is 18.5. The molecule has 2 amide bonds. The van der Waals surface area contributed by atoms with Gasteiger partial charge in [-0.2, -0.15) is 0 Å². The fourth-order valence-corrected chi connectivity index (χ4v) is 4.77. The van der Waals surface area contributed by atoms with Crippen LogP contribution in [0.1, 0.15) is 26.4 Å². The Balaban J connectivity index is 1.58. The third kappa shape index (κ3) is 4.71. The van der Waals surface area contributed by atoms with Crippen molar-refractivity contribution in [3.05, 3.63) is 85.5 Å². The summed E-state index contributed by atoms with van der Waals surface area (Å²) in [4.78, 5) is 43.5. The number of anilines is 2. The Hall–Kier alpha value is -3.56. The number of hydrogen-bond donors (Lipinski definition) is 2. The molecule has 0 fully saturated rings. The SMILES string of the molecule is Cc1ccc(NC(=O)c2sc3ncn(CC(=O)Nc4ccc(F)c(Cl)c4)c(=O)c3c2C)c(C)c1. The number of amides is 2. The van der Waals surface area contributed by atoms with E-state index in [4.69, 9.17) is 11.6 Å². The summed E-state index contributed by atoms with van der Waals surface area (Å²) in [5.74, 6) is -1.44. The van der Waals surface area contributed by atoms with Crippen molar-refractivity contribution in [2.24, 2.45) is 0 Å². The van der Waals surface area contributed by atoms with Crippen LogP contribution in [0.2, 0.25) is 5.02 Å². The molecule has 174 valence electrons. The van der Waals surface area contributed by atoms with E-state index >= 15 is 0 Å². The summed E-state index contributed by atoms with van der Waals surface area (Å²) in [5.41, 5.74) is 3.08. The summed E-state index contributed by atoms with van der Waals surface area (Å²) < 4.78 is 14.5. The second-order valence-electron chi connectivity index (χ2n) is 7.86. The molecule has 2 N–H and O–H groups in total. The maximum absolute atomic E-state index is 13.3. The van der Waals surface area contributed by atoms with Gasteiger partial charge >= 0.3 is 0 Å². The lowest BCUT2D eigenvalue weighted by Gasteiger charge is -2.09. The molecule has 0 aliphatic carbocycles. The zero-order valence-corrected chi connectivity index (χ0v) is 20.1. The Morgan fingerprint density at radius 1 is 1.12 bits per heavy atom. The fraction of sp³-hybridized carbons (Fsp3) is 0.167. The molecule has 0 aliphatic rings. The van der Waals surface area contributed by atoms with Gasteiger partial charge in [-0.3, -0.25) is 19.0 Å². The van der Waals surface area contributed by atoms with E-state index in [9.17, 15) is 18.8 Å². The quantitative estimate of drug-likeness (QED) is 0.402. The highest BCUT2D eigenvalue weighted by molar-refractivity contribution is 7.20. The molecule has 0 saturated carbocycles. The number of aromatic nitrogens is 2. The minimum atomic E-state index is -0.601. The number of halogens is 2. The number of carbonyl (C=O) groups excluding carboxylic acids is 2. The number of carbonyl (C=O) groups is 2. The van der Waals surface area contributed by atoms with Gasteiger partial charge in [-0.05, 0) is 56.2 Å². The second kappa shape index (κ2) is 9.36. The van der Waals surface area contributed by atoms with Crippen LogP contribution in [0, 0.1) is 26.6 Å². The van der Waals surface area contributed by atoms with Crippen molar-refractivity contribution in [1.82, 2.24) is 9.55 Å². The molecular weight excluding hydrogens is 479 g/mol. The van der Waals surface area contributed by atoms with Crippen LogP contribution in [0.3, 0.4) is 0 Å². The van der Waals surface area contributed by atoms with Crippen molar-refractivity contribution in [3.8, 4) is 0 Å². The predicted molar refractivity (Wildman–Crippen MR) is 133 cm³/mol. The van der Waals surface area contributed by atoms with Crippen LogP contribution in [0.4, 0.5) is 15.8 Å². The van der Waals surface area contributed by atoms with Crippen LogP contribution in [0.25, 0.3) is 10.2 Å². The Bertz CT molecular complexity index is 1510. The van der Waals surface area contributed by atoms with Gasteiger partial charge in [0.1, 0.15) is 17.2 Å². The number of aryl methyl sites for hydroxylation is 3. The molecule has 0 atom stereocenters. The molecule has 10 heteroatoms. The molecule has 0 bridgehead atoms. The largest absolute Gasteiger partial charge is 0.324 e.